The molecule has 0 saturated heterocycles. The molecule has 1 aliphatic heterocycles. The van der Waals surface area contributed by atoms with Crippen LogP contribution in [0.3, 0.4) is 0 Å². The van der Waals surface area contributed by atoms with Gasteiger partial charge in [0.1, 0.15) is 11.9 Å². The van der Waals surface area contributed by atoms with Crippen LogP contribution in [0.2, 0.25) is 0 Å². The van der Waals surface area contributed by atoms with E-state index >= 15 is 0 Å². The van der Waals surface area contributed by atoms with E-state index < -0.39 is 17.8 Å². The number of anilines is 1. The summed E-state index contributed by atoms with van der Waals surface area (Å²) in [7, 11) is 0. The lowest BCUT2D eigenvalue weighted by atomic mass is 10.00. The van der Waals surface area contributed by atoms with Gasteiger partial charge in [0.15, 0.2) is 0 Å². The van der Waals surface area contributed by atoms with Crippen LogP contribution in [0.4, 0.5) is 10.1 Å². The molecule has 1 aliphatic rings. The quantitative estimate of drug-likeness (QED) is 0.836. The number of nitrogen functional groups attached to an aromatic ring is 1. The predicted octanol–water partition coefficient (Wildman–Crippen LogP) is 3.14. The fourth-order valence-corrected chi connectivity index (χ4v) is 3.21. The number of nitrogens with two attached hydrogens (primary N) is 1. The third-order valence-corrected chi connectivity index (χ3v) is 4.50. The standard InChI is InChI=1S/C19H19FN2O3/c1-10(2)17(19(24)25)22-9-13-4-3-11(7-14(13)18(22)23)12-5-6-16(21)15(20)8-12/h3-8,10,17H,9,21H2,1-2H3,(H,24,25). The van der Waals surface area contributed by atoms with Crippen LogP contribution in [0.15, 0.2) is 36.4 Å². The second-order valence-electron chi connectivity index (χ2n) is 6.57. The Bertz CT molecular complexity index is 864. The number of amides is 1. The Kier molecular flexibility index (Phi) is 4.20. The van der Waals surface area contributed by atoms with Crippen LogP contribution in [0.25, 0.3) is 11.1 Å². The molecule has 3 N–H and O–H groups in total. The number of nitrogens with zero attached hydrogens (tertiary/aromatic N) is 1. The first kappa shape index (κ1) is 17.0. The van der Waals surface area contributed by atoms with E-state index in [9.17, 15) is 19.1 Å². The van der Waals surface area contributed by atoms with Gasteiger partial charge in [-0.15, -0.1) is 0 Å². The smallest absolute Gasteiger partial charge is 0.326 e. The van der Waals surface area contributed by atoms with Crippen LogP contribution in [0, 0.1) is 11.7 Å². The van der Waals surface area contributed by atoms with Gasteiger partial charge in [-0.2, -0.15) is 0 Å². The minimum Gasteiger partial charge on any atom is -0.480 e. The molecule has 25 heavy (non-hydrogen) atoms. The van der Waals surface area contributed by atoms with E-state index in [4.69, 9.17) is 5.73 Å². The molecule has 1 heterocycles. The SMILES string of the molecule is CC(C)C(C(=O)O)N1Cc2ccc(-c3ccc(N)c(F)c3)cc2C1=O. The fourth-order valence-electron chi connectivity index (χ4n) is 3.21. The molecule has 0 fully saturated rings. The van der Waals surface area contributed by atoms with Gasteiger partial charge in [0.25, 0.3) is 5.91 Å². The van der Waals surface area contributed by atoms with Crippen molar-refractivity contribution in [2.24, 2.45) is 5.92 Å². The van der Waals surface area contributed by atoms with Crippen molar-refractivity contribution in [1.82, 2.24) is 4.90 Å². The second-order valence-corrected chi connectivity index (χ2v) is 6.57. The summed E-state index contributed by atoms with van der Waals surface area (Å²) >= 11 is 0. The normalized spacial score (nSPS) is 14.7. The molecule has 0 bridgehead atoms. The molecule has 0 spiro atoms. The van der Waals surface area contributed by atoms with E-state index in [1.54, 1.807) is 38.1 Å². The molecule has 2 aromatic carbocycles. The lowest BCUT2D eigenvalue weighted by molar-refractivity contribution is -0.144. The number of benzene rings is 2. The van der Waals surface area contributed by atoms with E-state index in [0.717, 1.165) is 5.56 Å². The average molecular weight is 342 g/mol. The Morgan fingerprint density at radius 1 is 1.20 bits per heavy atom. The van der Waals surface area contributed by atoms with Crippen molar-refractivity contribution in [1.29, 1.82) is 0 Å². The maximum Gasteiger partial charge on any atom is 0.326 e. The fraction of sp³-hybridized carbons (Fsp3) is 0.263. The van der Waals surface area contributed by atoms with Gasteiger partial charge >= 0.3 is 5.97 Å². The number of halogens is 1. The van der Waals surface area contributed by atoms with Gasteiger partial charge in [-0.3, -0.25) is 4.79 Å². The van der Waals surface area contributed by atoms with Crippen molar-refractivity contribution in [2.75, 3.05) is 5.73 Å². The summed E-state index contributed by atoms with van der Waals surface area (Å²) < 4.78 is 13.7. The van der Waals surface area contributed by atoms with Crippen LogP contribution in [-0.4, -0.2) is 27.9 Å². The molecule has 2 aromatic rings. The first-order chi connectivity index (χ1) is 11.8. The van der Waals surface area contributed by atoms with Gasteiger partial charge < -0.3 is 15.7 Å². The number of carboxylic acids is 1. The number of carboxylic acid groups (broad SMARTS) is 1. The third-order valence-electron chi connectivity index (χ3n) is 4.50. The van der Waals surface area contributed by atoms with Crippen molar-refractivity contribution >= 4 is 17.6 Å². The van der Waals surface area contributed by atoms with E-state index in [2.05, 4.69) is 0 Å². The van der Waals surface area contributed by atoms with E-state index in [1.807, 2.05) is 0 Å². The minimum atomic E-state index is -1.02. The highest BCUT2D eigenvalue weighted by atomic mass is 19.1. The van der Waals surface area contributed by atoms with Crippen molar-refractivity contribution < 1.29 is 19.1 Å². The molecule has 0 radical (unpaired) electrons. The highest BCUT2D eigenvalue weighted by molar-refractivity contribution is 6.01. The van der Waals surface area contributed by atoms with Crippen LogP contribution in [0.1, 0.15) is 29.8 Å². The maximum absolute atomic E-state index is 13.7. The summed E-state index contributed by atoms with van der Waals surface area (Å²) in [5.74, 6) is -2.05. The van der Waals surface area contributed by atoms with E-state index in [0.29, 0.717) is 16.7 Å². The number of carbonyl (C=O) groups is 2. The Labute approximate surface area is 144 Å². The zero-order valence-corrected chi connectivity index (χ0v) is 14.0. The topological polar surface area (TPSA) is 83.6 Å². The summed E-state index contributed by atoms with van der Waals surface area (Å²) in [4.78, 5) is 25.6. The summed E-state index contributed by atoms with van der Waals surface area (Å²) in [5.41, 5.74) is 8.09. The number of hydrogen-bond donors (Lipinski definition) is 2. The Morgan fingerprint density at radius 3 is 2.44 bits per heavy atom. The van der Waals surface area contributed by atoms with Crippen LogP contribution in [-0.2, 0) is 11.3 Å². The van der Waals surface area contributed by atoms with Crippen molar-refractivity contribution in [3.8, 4) is 11.1 Å². The third kappa shape index (κ3) is 2.95. The zero-order valence-electron chi connectivity index (χ0n) is 14.0. The Balaban J connectivity index is 1.97. The maximum atomic E-state index is 13.7. The zero-order chi connectivity index (χ0) is 18.3. The molecule has 5 nitrogen and oxygen atoms in total. The number of fused-ring (bicyclic) bond motifs is 1. The molecule has 130 valence electrons. The van der Waals surface area contributed by atoms with Crippen LogP contribution >= 0.6 is 0 Å². The summed E-state index contributed by atoms with van der Waals surface area (Å²) in [6.07, 6.45) is 0. The molecular formula is C19H19FN2O3. The van der Waals surface area contributed by atoms with Crippen molar-refractivity contribution in [3.63, 3.8) is 0 Å². The van der Waals surface area contributed by atoms with Gasteiger partial charge in [0.05, 0.1) is 5.69 Å². The number of aliphatic carboxylic acids is 1. The molecule has 1 amide bonds. The molecule has 3 rings (SSSR count). The average Bonchev–Trinajstić information content (AvgIpc) is 2.86. The lowest BCUT2D eigenvalue weighted by Crippen LogP contribution is -2.44. The summed E-state index contributed by atoms with van der Waals surface area (Å²) in [6, 6.07) is 8.88. The number of carbonyl (C=O) groups excluding carboxylic acids is 1. The molecule has 1 unspecified atom stereocenters. The largest absolute Gasteiger partial charge is 0.480 e. The van der Waals surface area contributed by atoms with E-state index in [1.165, 1.54) is 17.0 Å². The monoisotopic (exact) mass is 342 g/mol. The van der Waals surface area contributed by atoms with Gasteiger partial charge in [-0.25, -0.2) is 9.18 Å². The second kappa shape index (κ2) is 6.20. The number of hydrogen-bond acceptors (Lipinski definition) is 3. The van der Waals surface area contributed by atoms with Gasteiger partial charge in [-0.1, -0.05) is 32.0 Å². The Morgan fingerprint density at radius 2 is 1.84 bits per heavy atom. The van der Waals surface area contributed by atoms with E-state index in [-0.39, 0.29) is 24.1 Å². The highest BCUT2D eigenvalue weighted by Crippen LogP contribution is 2.31. The summed E-state index contributed by atoms with van der Waals surface area (Å²) in [6.45, 7) is 3.81. The molecule has 6 heteroatoms. The van der Waals surface area contributed by atoms with Crippen LogP contribution in [0.5, 0.6) is 0 Å². The lowest BCUT2D eigenvalue weighted by Gasteiger charge is -2.27. The van der Waals surface area contributed by atoms with Gasteiger partial charge in [-0.05, 0) is 40.8 Å². The molecule has 1 atom stereocenters. The van der Waals surface area contributed by atoms with Crippen LogP contribution < -0.4 is 5.73 Å². The first-order valence-corrected chi connectivity index (χ1v) is 8.01. The Hall–Kier alpha value is -2.89. The first-order valence-electron chi connectivity index (χ1n) is 8.01. The molecule has 0 saturated carbocycles. The molecule has 0 aromatic heterocycles. The minimum absolute atomic E-state index is 0.0633. The molecular weight excluding hydrogens is 323 g/mol. The van der Waals surface area contributed by atoms with Gasteiger partial charge in [0, 0.05) is 12.1 Å². The summed E-state index contributed by atoms with van der Waals surface area (Å²) in [5, 5.41) is 9.44. The predicted molar refractivity (Wildman–Crippen MR) is 92.4 cm³/mol. The van der Waals surface area contributed by atoms with Crippen molar-refractivity contribution in [2.45, 2.75) is 26.4 Å². The highest BCUT2D eigenvalue weighted by Gasteiger charge is 2.38. The number of rotatable bonds is 4. The van der Waals surface area contributed by atoms with Gasteiger partial charge in [0.2, 0.25) is 0 Å². The van der Waals surface area contributed by atoms with Crippen molar-refractivity contribution in [3.05, 3.63) is 53.3 Å². The molecule has 0 aliphatic carbocycles.